The van der Waals surface area contributed by atoms with Gasteiger partial charge in [0.2, 0.25) is 5.95 Å². The van der Waals surface area contributed by atoms with E-state index in [1.54, 1.807) is 18.4 Å². The lowest BCUT2D eigenvalue weighted by atomic mass is 10.1. The van der Waals surface area contributed by atoms with Gasteiger partial charge in [0.1, 0.15) is 30.4 Å². The fourth-order valence-electron chi connectivity index (χ4n) is 2.96. The van der Waals surface area contributed by atoms with Gasteiger partial charge in [0, 0.05) is 0 Å². The Morgan fingerprint density at radius 1 is 1.27 bits per heavy atom. The predicted molar refractivity (Wildman–Crippen MR) is 88.8 cm³/mol. The number of hydrogen-bond acceptors (Lipinski definition) is 10. The monoisotopic (exact) mass is 362 g/mol. The molecule has 1 fully saturated rings. The van der Waals surface area contributed by atoms with Crippen molar-refractivity contribution in [1.82, 2.24) is 19.5 Å². The van der Waals surface area contributed by atoms with E-state index in [0.29, 0.717) is 29.4 Å². The lowest BCUT2D eigenvalue weighted by Crippen LogP contribution is -2.33. The molecule has 0 spiro atoms. The average Bonchev–Trinajstić information content (AvgIpc) is 3.34. The quantitative estimate of drug-likeness (QED) is 0.389. The molecular formula is C15H18N6O5. The maximum absolute atomic E-state index is 10.4. The maximum atomic E-state index is 10.4. The van der Waals surface area contributed by atoms with Crippen molar-refractivity contribution in [2.24, 2.45) is 0 Å². The molecule has 1 aliphatic rings. The van der Waals surface area contributed by atoms with Gasteiger partial charge in [-0.1, -0.05) is 0 Å². The van der Waals surface area contributed by atoms with Gasteiger partial charge in [-0.3, -0.25) is 4.57 Å². The van der Waals surface area contributed by atoms with E-state index < -0.39 is 31.1 Å². The molecule has 3 aromatic rings. The Balaban J connectivity index is 1.76. The zero-order valence-corrected chi connectivity index (χ0v) is 13.6. The lowest BCUT2D eigenvalue weighted by Gasteiger charge is -2.19. The number of nitrogen functional groups attached to an aromatic ring is 1. The maximum Gasteiger partial charge on any atom is 0.207 e. The van der Waals surface area contributed by atoms with Gasteiger partial charge in [0.05, 0.1) is 19.4 Å². The molecule has 4 atom stereocenters. The Morgan fingerprint density at radius 2 is 2.12 bits per heavy atom. The SMILES string of the molecule is Nc1ncnc2c1nc(NCc1ccco1)n2[C@@H]1O[C@H](CO)[C@@H](O)[C@@H]1O. The van der Waals surface area contributed by atoms with Gasteiger partial charge in [0.25, 0.3) is 0 Å². The Labute approximate surface area is 147 Å². The van der Waals surface area contributed by atoms with Crippen LogP contribution in [0.25, 0.3) is 11.2 Å². The number of fused-ring (bicyclic) bond motifs is 1. The third-order valence-corrected chi connectivity index (χ3v) is 4.28. The van der Waals surface area contributed by atoms with Crippen LogP contribution in [0.5, 0.6) is 0 Å². The fraction of sp³-hybridized carbons (Fsp3) is 0.400. The molecule has 1 aliphatic heterocycles. The van der Waals surface area contributed by atoms with Crippen LogP contribution in [0, 0.1) is 0 Å². The molecule has 11 heteroatoms. The molecular weight excluding hydrogens is 344 g/mol. The van der Waals surface area contributed by atoms with Gasteiger partial charge >= 0.3 is 0 Å². The number of nitrogens with zero attached hydrogens (tertiary/aromatic N) is 4. The number of ether oxygens (including phenoxy) is 1. The van der Waals surface area contributed by atoms with E-state index in [2.05, 4.69) is 20.3 Å². The Kier molecular flexibility index (Phi) is 4.20. The summed E-state index contributed by atoms with van der Waals surface area (Å²) in [5.41, 5.74) is 6.53. The summed E-state index contributed by atoms with van der Waals surface area (Å²) in [5, 5.41) is 32.9. The summed E-state index contributed by atoms with van der Waals surface area (Å²) >= 11 is 0. The zero-order valence-electron chi connectivity index (χ0n) is 13.6. The summed E-state index contributed by atoms with van der Waals surface area (Å²) in [6.45, 7) is -0.119. The van der Waals surface area contributed by atoms with E-state index in [1.807, 2.05) is 0 Å². The summed E-state index contributed by atoms with van der Waals surface area (Å²) in [4.78, 5) is 12.5. The van der Waals surface area contributed by atoms with Crippen molar-refractivity contribution in [3.05, 3.63) is 30.5 Å². The lowest BCUT2D eigenvalue weighted by molar-refractivity contribution is -0.0501. The van der Waals surface area contributed by atoms with Crippen molar-refractivity contribution in [3.63, 3.8) is 0 Å². The van der Waals surface area contributed by atoms with Crippen molar-refractivity contribution in [3.8, 4) is 0 Å². The number of hydrogen-bond donors (Lipinski definition) is 5. The fourth-order valence-corrected chi connectivity index (χ4v) is 2.96. The highest BCUT2D eigenvalue weighted by Gasteiger charge is 2.45. The third-order valence-electron chi connectivity index (χ3n) is 4.28. The van der Waals surface area contributed by atoms with Gasteiger partial charge in [-0.05, 0) is 12.1 Å². The smallest absolute Gasteiger partial charge is 0.207 e. The number of nitrogens with one attached hydrogen (secondary N) is 1. The van der Waals surface area contributed by atoms with E-state index in [9.17, 15) is 15.3 Å². The average molecular weight is 362 g/mol. The van der Waals surface area contributed by atoms with Crippen LogP contribution in [0.1, 0.15) is 12.0 Å². The highest BCUT2D eigenvalue weighted by molar-refractivity contribution is 5.84. The molecule has 1 saturated heterocycles. The van der Waals surface area contributed by atoms with Crippen LogP contribution in [0.15, 0.2) is 29.1 Å². The van der Waals surface area contributed by atoms with Crippen LogP contribution >= 0.6 is 0 Å². The molecule has 4 heterocycles. The van der Waals surface area contributed by atoms with Crippen LogP contribution in [0.3, 0.4) is 0 Å². The van der Waals surface area contributed by atoms with E-state index in [0.717, 1.165) is 0 Å². The molecule has 0 saturated carbocycles. The van der Waals surface area contributed by atoms with Crippen molar-refractivity contribution >= 4 is 22.9 Å². The normalized spacial score (nSPS) is 25.8. The number of nitrogens with two attached hydrogens (primary N) is 1. The van der Waals surface area contributed by atoms with Crippen molar-refractivity contribution in [1.29, 1.82) is 0 Å². The van der Waals surface area contributed by atoms with E-state index >= 15 is 0 Å². The van der Waals surface area contributed by atoms with Gasteiger partial charge in [-0.2, -0.15) is 0 Å². The Bertz CT molecular complexity index is 897. The summed E-state index contributed by atoms with van der Waals surface area (Å²) in [5.74, 6) is 1.14. The molecule has 6 N–H and O–H groups in total. The Hall–Kier alpha value is -2.73. The first-order chi connectivity index (χ1) is 12.6. The van der Waals surface area contributed by atoms with Crippen molar-refractivity contribution < 1.29 is 24.5 Å². The largest absolute Gasteiger partial charge is 0.467 e. The minimum atomic E-state index is -1.29. The summed E-state index contributed by atoms with van der Waals surface area (Å²) in [6, 6.07) is 3.55. The highest BCUT2D eigenvalue weighted by Crippen LogP contribution is 2.35. The van der Waals surface area contributed by atoms with Crippen LogP contribution in [0.4, 0.5) is 11.8 Å². The van der Waals surface area contributed by atoms with Gasteiger partial charge in [0.15, 0.2) is 23.2 Å². The molecule has 0 bridgehead atoms. The summed E-state index contributed by atoms with van der Waals surface area (Å²) < 4.78 is 12.4. The number of aliphatic hydroxyl groups is 3. The standard InChI is InChI=1S/C15H18N6O5/c16-12-9-13(19-6-18-12)21(14-11(24)10(23)8(5-22)26-14)15(20-9)17-4-7-2-1-3-25-7/h1-3,6,8,10-11,14,22-24H,4-5H2,(H,17,20)(H2,16,18,19)/t8-,10-,11+,14-/m1/s1. The molecule has 0 amide bonds. The number of aromatic nitrogens is 4. The van der Waals surface area contributed by atoms with Crippen LogP contribution < -0.4 is 11.1 Å². The number of aliphatic hydroxyl groups excluding tert-OH is 3. The van der Waals surface area contributed by atoms with E-state index in [-0.39, 0.29) is 5.82 Å². The zero-order chi connectivity index (χ0) is 18.3. The first-order valence-corrected chi connectivity index (χ1v) is 7.97. The molecule has 11 nitrogen and oxygen atoms in total. The van der Waals surface area contributed by atoms with Gasteiger partial charge < -0.3 is 35.5 Å². The molecule has 0 aromatic carbocycles. The molecule has 138 valence electrons. The van der Waals surface area contributed by atoms with Crippen molar-refractivity contribution in [2.75, 3.05) is 17.7 Å². The predicted octanol–water partition coefficient (Wildman–Crippen LogP) is -0.775. The minimum Gasteiger partial charge on any atom is -0.467 e. The number of rotatable bonds is 5. The first-order valence-electron chi connectivity index (χ1n) is 7.97. The molecule has 26 heavy (non-hydrogen) atoms. The molecule has 3 aromatic heterocycles. The number of anilines is 2. The molecule has 4 rings (SSSR count). The summed E-state index contributed by atoms with van der Waals surface area (Å²) in [6.07, 6.45) is -1.65. The second-order valence-electron chi connectivity index (χ2n) is 5.90. The minimum absolute atomic E-state index is 0.168. The topological polar surface area (TPSA) is 165 Å². The number of furan rings is 1. The van der Waals surface area contributed by atoms with E-state index in [1.165, 1.54) is 10.9 Å². The van der Waals surface area contributed by atoms with Gasteiger partial charge in [-0.15, -0.1) is 0 Å². The molecule has 0 aliphatic carbocycles. The second kappa shape index (κ2) is 6.53. The third kappa shape index (κ3) is 2.66. The van der Waals surface area contributed by atoms with E-state index in [4.69, 9.17) is 14.9 Å². The molecule has 0 radical (unpaired) electrons. The summed E-state index contributed by atoms with van der Waals surface area (Å²) in [7, 11) is 0. The van der Waals surface area contributed by atoms with Gasteiger partial charge in [-0.25, -0.2) is 15.0 Å². The van der Waals surface area contributed by atoms with Crippen LogP contribution in [-0.4, -0.2) is 59.8 Å². The first kappa shape index (κ1) is 16.7. The Morgan fingerprint density at radius 3 is 2.81 bits per heavy atom. The highest BCUT2D eigenvalue weighted by atomic mass is 16.6. The van der Waals surface area contributed by atoms with Crippen molar-refractivity contribution in [2.45, 2.75) is 31.1 Å². The van der Waals surface area contributed by atoms with Crippen LogP contribution in [-0.2, 0) is 11.3 Å². The number of imidazole rings is 1. The second-order valence-corrected chi connectivity index (χ2v) is 5.90. The van der Waals surface area contributed by atoms with Crippen LogP contribution in [0.2, 0.25) is 0 Å². The molecule has 0 unspecified atom stereocenters.